The van der Waals surface area contributed by atoms with Crippen LogP contribution in [0.2, 0.25) is 5.02 Å². The van der Waals surface area contributed by atoms with E-state index in [-0.39, 0.29) is 37.2 Å². The molecule has 1 aromatic heterocycles. The molecule has 0 amide bonds. The molecule has 1 atom stereocenters. The van der Waals surface area contributed by atoms with Crippen molar-refractivity contribution in [1.29, 1.82) is 0 Å². The lowest BCUT2D eigenvalue weighted by Gasteiger charge is -2.42. The highest BCUT2D eigenvalue weighted by Gasteiger charge is 2.29. The fourth-order valence-corrected chi connectivity index (χ4v) is 5.82. The van der Waals surface area contributed by atoms with Crippen molar-refractivity contribution in [3.05, 3.63) is 64.8 Å². The maximum absolute atomic E-state index is 9.57. The molecule has 36 heavy (non-hydrogen) atoms. The van der Waals surface area contributed by atoms with Gasteiger partial charge in [0, 0.05) is 54.6 Å². The molecule has 3 heterocycles. The Morgan fingerprint density at radius 3 is 2.33 bits per heavy atom. The molecule has 1 unspecified atom stereocenters. The SMILES string of the molecule is Cl.Cl.Cl.Nc1ccc2c(CN3CCC(N4CCCC(CO)C4)CC3)cn(Cc3ccc(Cl)cc3)c2c1. The third-order valence-corrected chi connectivity index (χ3v) is 7.78. The van der Waals surface area contributed by atoms with Crippen molar-refractivity contribution in [2.24, 2.45) is 5.92 Å². The van der Waals surface area contributed by atoms with Crippen molar-refractivity contribution in [3.63, 3.8) is 0 Å². The number of nitrogens with zero attached hydrogens (tertiary/aromatic N) is 3. The van der Waals surface area contributed by atoms with Gasteiger partial charge >= 0.3 is 0 Å². The number of aliphatic hydroxyl groups excluding tert-OH is 1. The number of hydrogen-bond acceptors (Lipinski definition) is 4. The highest BCUT2D eigenvalue weighted by molar-refractivity contribution is 6.30. The molecular weight excluding hydrogens is 538 g/mol. The number of nitrogens with two attached hydrogens (primary N) is 1. The molecular formula is C27H38Cl4N4O. The number of benzene rings is 2. The van der Waals surface area contributed by atoms with E-state index in [9.17, 15) is 5.11 Å². The van der Waals surface area contributed by atoms with Gasteiger partial charge in [-0.3, -0.25) is 9.80 Å². The third-order valence-electron chi connectivity index (χ3n) is 7.53. The number of fused-ring (bicyclic) bond motifs is 1. The standard InChI is InChI=1S/C27H35ClN4O.3ClH/c28-23-5-3-20(4-6-23)15-32-18-22(26-8-7-24(29)14-27(26)32)17-30-12-9-25(10-13-30)31-11-1-2-21(16-31)19-33;;;/h3-8,14,18,21,25,33H,1-2,9-13,15-17,19,29H2;3*1H. The molecule has 200 valence electrons. The molecule has 3 aromatic rings. The number of rotatable bonds is 6. The van der Waals surface area contributed by atoms with Crippen molar-refractivity contribution in [3.8, 4) is 0 Å². The number of nitrogen functional groups attached to an aromatic ring is 1. The van der Waals surface area contributed by atoms with Crippen LogP contribution in [0.15, 0.2) is 48.7 Å². The molecule has 5 rings (SSSR count). The van der Waals surface area contributed by atoms with E-state index < -0.39 is 0 Å². The van der Waals surface area contributed by atoms with Gasteiger partial charge in [-0.25, -0.2) is 0 Å². The van der Waals surface area contributed by atoms with E-state index in [0.717, 1.165) is 43.4 Å². The number of hydrogen-bond donors (Lipinski definition) is 2. The van der Waals surface area contributed by atoms with Crippen LogP contribution in [0.3, 0.4) is 0 Å². The van der Waals surface area contributed by atoms with Gasteiger partial charge in [-0.1, -0.05) is 29.8 Å². The molecule has 2 aromatic carbocycles. The van der Waals surface area contributed by atoms with E-state index in [1.165, 1.54) is 54.3 Å². The molecule has 9 heteroatoms. The first kappa shape index (κ1) is 31.0. The Labute approximate surface area is 238 Å². The van der Waals surface area contributed by atoms with Crippen LogP contribution in [0.25, 0.3) is 10.9 Å². The van der Waals surface area contributed by atoms with E-state index in [1.54, 1.807) is 0 Å². The normalized spacial score (nSPS) is 19.3. The van der Waals surface area contributed by atoms with Gasteiger partial charge < -0.3 is 15.4 Å². The van der Waals surface area contributed by atoms with E-state index >= 15 is 0 Å². The number of aliphatic hydroxyl groups is 1. The molecule has 0 spiro atoms. The minimum Gasteiger partial charge on any atom is -0.399 e. The lowest BCUT2D eigenvalue weighted by atomic mass is 9.94. The van der Waals surface area contributed by atoms with Crippen LogP contribution in [0.1, 0.15) is 36.8 Å². The van der Waals surface area contributed by atoms with Crippen LogP contribution in [-0.2, 0) is 13.1 Å². The van der Waals surface area contributed by atoms with Gasteiger partial charge in [0.25, 0.3) is 0 Å². The second-order valence-electron chi connectivity index (χ2n) is 9.88. The number of anilines is 1. The lowest BCUT2D eigenvalue weighted by molar-refractivity contribution is 0.0527. The van der Waals surface area contributed by atoms with E-state index in [0.29, 0.717) is 18.6 Å². The monoisotopic (exact) mass is 574 g/mol. The Balaban J connectivity index is 0.00000152. The summed E-state index contributed by atoms with van der Waals surface area (Å²) in [5.41, 5.74) is 10.7. The van der Waals surface area contributed by atoms with Gasteiger partial charge in [-0.15, -0.1) is 37.2 Å². The first-order valence-electron chi connectivity index (χ1n) is 12.3. The van der Waals surface area contributed by atoms with Gasteiger partial charge in [0.1, 0.15) is 0 Å². The van der Waals surface area contributed by atoms with Crippen molar-refractivity contribution in [2.75, 3.05) is 38.5 Å². The molecule has 2 aliphatic heterocycles. The van der Waals surface area contributed by atoms with Gasteiger partial charge in [0.15, 0.2) is 0 Å². The summed E-state index contributed by atoms with van der Waals surface area (Å²) in [5, 5.41) is 11.6. The molecule has 0 aliphatic carbocycles. The average molecular weight is 576 g/mol. The zero-order valence-electron chi connectivity index (χ0n) is 20.5. The van der Waals surface area contributed by atoms with Gasteiger partial charge in [0.05, 0.1) is 5.52 Å². The average Bonchev–Trinajstić information content (AvgIpc) is 3.17. The second-order valence-corrected chi connectivity index (χ2v) is 10.3. The summed E-state index contributed by atoms with van der Waals surface area (Å²) in [5.74, 6) is 0.469. The molecule has 0 radical (unpaired) electrons. The molecule has 0 bridgehead atoms. The van der Waals surface area contributed by atoms with Crippen LogP contribution in [0, 0.1) is 5.92 Å². The zero-order valence-corrected chi connectivity index (χ0v) is 23.7. The van der Waals surface area contributed by atoms with Gasteiger partial charge in [-0.05, 0) is 86.6 Å². The lowest BCUT2D eigenvalue weighted by Crippen LogP contribution is -2.48. The van der Waals surface area contributed by atoms with Gasteiger partial charge in [0.2, 0.25) is 0 Å². The summed E-state index contributed by atoms with van der Waals surface area (Å²) in [4.78, 5) is 5.24. The Bertz CT molecular complexity index is 1080. The summed E-state index contributed by atoms with van der Waals surface area (Å²) < 4.78 is 2.32. The Morgan fingerprint density at radius 1 is 0.917 bits per heavy atom. The van der Waals surface area contributed by atoms with Crippen LogP contribution in [0.5, 0.6) is 0 Å². The van der Waals surface area contributed by atoms with Crippen LogP contribution < -0.4 is 5.73 Å². The van der Waals surface area contributed by atoms with Crippen LogP contribution >= 0.6 is 48.8 Å². The second kappa shape index (κ2) is 14.1. The summed E-state index contributed by atoms with van der Waals surface area (Å²) >= 11 is 6.07. The third kappa shape index (κ3) is 7.22. The fraction of sp³-hybridized carbons (Fsp3) is 0.481. The fourth-order valence-electron chi connectivity index (χ4n) is 5.69. The van der Waals surface area contributed by atoms with Gasteiger partial charge in [-0.2, -0.15) is 0 Å². The largest absolute Gasteiger partial charge is 0.399 e. The Hall–Kier alpha value is -1.18. The minimum absolute atomic E-state index is 0. The van der Waals surface area contributed by atoms with Crippen molar-refractivity contribution in [2.45, 2.75) is 44.8 Å². The molecule has 3 N–H and O–H groups in total. The summed E-state index contributed by atoms with van der Waals surface area (Å²) in [6, 6.07) is 15.0. The zero-order chi connectivity index (χ0) is 22.8. The first-order chi connectivity index (χ1) is 16.1. The summed E-state index contributed by atoms with van der Waals surface area (Å²) in [6.45, 7) is 6.63. The Morgan fingerprint density at radius 2 is 1.64 bits per heavy atom. The first-order valence-corrected chi connectivity index (χ1v) is 12.7. The number of piperidine rings is 2. The minimum atomic E-state index is 0. The molecule has 0 saturated carbocycles. The predicted molar refractivity (Wildman–Crippen MR) is 158 cm³/mol. The smallest absolute Gasteiger partial charge is 0.0507 e. The number of likely N-dealkylation sites (tertiary alicyclic amines) is 2. The van der Waals surface area contributed by atoms with E-state index in [4.69, 9.17) is 17.3 Å². The molecule has 2 aliphatic rings. The summed E-state index contributed by atoms with van der Waals surface area (Å²) in [7, 11) is 0. The van der Waals surface area contributed by atoms with Crippen molar-refractivity contribution < 1.29 is 5.11 Å². The maximum Gasteiger partial charge on any atom is 0.0507 e. The quantitative estimate of drug-likeness (QED) is 0.361. The predicted octanol–water partition coefficient (Wildman–Crippen LogP) is 5.86. The Kier molecular flexibility index (Phi) is 12.2. The van der Waals surface area contributed by atoms with E-state index in [2.05, 4.69) is 44.8 Å². The highest BCUT2D eigenvalue weighted by atomic mass is 35.5. The van der Waals surface area contributed by atoms with Crippen molar-refractivity contribution in [1.82, 2.24) is 14.4 Å². The van der Waals surface area contributed by atoms with E-state index in [1.807, 2.05) is 18.2 Å². The molecule has 2 fully saturated rings. The maximum atomic E-state index is 9.57. The van der Waals surface area contributed by atoms with Crippen LogP contribution in [0.4, 0.5) is 5.69 Å². The van der Waals surface area contributed by atoms with Crippen molar-refractivity contribution >= 4 is 65.4 Å². The van der Waals surface area contributed by atoms with Crippen LogP contribution in [-0.4, -0.2) is 58.3 Å². The number of aromatic nitrogens is 1. The number of halogens is 4. The highest BCUT2D eigenvalue weighted by Crippen LogP contribution is 2.28. The summed E-state index contributed by atoms with van der Waals surface area (Å²) in [6.07, 6.45) is 7.14. The molecule has 5 nitrogen and oxygen atoms in total. The molecule has 2 saturated heterocycles. The topological polar surface area (TPSA) is 57.7 Å².